The number of hydrogen-bond acceptors (Lipinski definition) is 9. The van der Waals surface area contributed by atoms with Crippen molar-refractivity contribution in [3.8, 4) is 0 Å². The highest BCUT2D eigenvalue weighted by molar-refractivity contribution is 5.77. The molecule has 0 aromatic heterocycles. The Morgan fingerprint density at radius 2 is 1.55 bits per heavy atom. The smallest absolute Gasteiger partial charge is 0.425 e. The Balaban J connectivity index is 1.33. The maximum atomic E-state index is 13.4. The lowest BCUT2D eigenvalue weighted by Crippen LogP contribution is -2.52. The summed E-state index contributed by atoms with van der Waals surface area (Å²) in [5, 5.41) is 0. The first-order valence-electron chi connectivity index (χ1n) is 13.3. The van der Waals surface area contributed by atoms with Crippen LogP contribution in [0.5, 0.6) is 0 Å². The van der Waals surface area contributed by atoms with Crippen molar-refractivity contribution in [2.45, 2.75) is 135 Å². The molecule has 4 aliphatic rings. The van der Waals surface area contributed by atoms with Crippen LogP contribution in [0.15, 0.2) is 0 Å². The Bertz CT molecular complexity index is 896. The van der Waals surface area contributed by atoms with E-state index in [-0.39, 0.29) is 31.1 Å². The van der Waals surface area contributed by atoms with Crippen molar-refractivity contribution in [1.82, 2.24) is 0 Å². The minimum atomic E-state index is -4.61. The van der Waals surface area contributed by atoms with E-state index >= 15 is 0 Å². The molecule has 0 radical (unpaired) electrons. The Kier molecular flexibility index (Phi) is 8.15. The third-order valence-corrected chi connectivity index (χ3v) is 7.98. The zero-order valence-electron chi connectivity index (χ0n) is 22.9. The average Bonchev–Trinajstić information content (AvgIpc) is 3.39. The van der Waals surface area contributed by atoms with Crippen molar-refractivity contribution in [3.63, 3.8) is 0 Å². The molecular formula is C26H39F3O9. The van der Waals surface area contributed by atoms with E-state index in [0.717, 1.165) is 6.92 Å². The first-order chi connectivity index (χ1) is 17.5. The minimum Gasteiger partial charge on any atom is -0.456 e. The van der Waals surface area contributed by atoms with Crippen LogP contribution in [0.4, 0.5) is 13.2 Å². The molecule has 0 bridgehead atoms. The van der Waals surface area contributed by atoms with E-state index < -0.39 is 72.6 Å². The fraction of sp³-hybridized carbons (Fsp3) is 0.923. The second-order valence-electron chi connectivity index (χ2n) is 11.9. The van der Waals surface area contributed by atoms with Gasteiger partial charge in [0.15, 0.2) is 36.7 Å². The summed E-state index contributed by atoms with van der Waals surface area (Å²) >= 11 is 0. The number of hydrogen-bond donors (Lipinski definition) is 0. The number of carbonyl (C=O) groups is 2. The van der Waals surface area contributed by atoms with Gasteiger partial charge in [-0.1, -0.05) is 27.7 Å². The maximum Gasteiger partial charge on any atom is 0.425 e. The van der Waals surface area contributed by atoms with Crippen LogP contribution in [-0.4, -0.2) is 73.1 Å². The first-order valence-corrected chi connectivity index (χ1v) is 13.3. The SMILES string of the molecule is CC(C)CC(C)(C(=O)OC1C2OC2OC2C3OC(C)(CCCC(=O)OC(C)C(F)(F)F)OC3OC12)C(C)C. The van der Waals surface area contributed by atoms with Gasteiger partial charge < -0.3 is 33.2 Å². The molecule has 0 aliphatic carbocycles. The summed E-state index contributed by atoms with van der Waals surface area (Å²) in [5.74, 6) is -2.02. The van der Waals surface area contributed by atoms with Gasteiger partial charge in [-0.2, -0.15) is 13.2 Å². The predicted octanol–water partition coefficient (Wildman–Crippen LogP) is 4.25. The van der Waals surface area contributed by atoms with E-state index in [9.17, 15) is 22.8 Å². The van der Waals surface area contributed by atoms with Crippen LogP contribution < -0.4 is 0 Å². The lowest BCUT2D eigenvalue weighted by molar-refractivity contribution is -0.251. The van der Waals surface area contributed by atoms with Gasteiger partial charge in [0, 0.05) is 12.8 Å². The molecule has 0 spiro atoms. The Morgan fingerprint density at radius 3 is 2.16 bits per heavy atom. The molecular weight excluding hydrogens is 513 g/mol. The van der Waals surface area contributed by atoms with Crippen LogP contribution in [-0.2, 0) is 42.7 Å². The molecule has 4 saturated heterocycles. The standard InChI is InChI=1S/C26H39F3O9/c1-12(2)11-24(6,13(3)4)23(31)36-17-16-18(33-21-19(17)35-21)20-22(34-16)38-25(7,37-20)10-8-9-15(30)32-14(5)26(27,28)29/h12-14,16-22H,8-11H2,1-7H3. The average molecular weight is 553 g/mol. The third-order valence-electron chi connectivity index (χ3n) is 7.98. The van der Waals surface area contributed by atoms with E-state index in [1.807, 2.05) is 20.8 Å². The quantitative estimate of drug-likeness (QED) is 0.291. The van der Waals surface area contributed by atoms with Crippen LogP contribution in [0.25, 0.3) is 0 Å². The molecule has 0 amide bonds. The molecule has 12 heteroatoms. The molecule has 38 heavy (non-hydrogen) atoms. The molecule has 4 heterocycles. The number of carbonyl (C=O) groups excluding carboxylic acids is 2. The summed E-state index contributed by atoms with van der Waals surface area (Å²) in [4.78, 5) is 25.2. The second kappa shape index (κ2) is 10.5. The third kappa shape index (κ3) is 5.99. The molecule has 0 N–H and O–H groups in total. The summed E-state index contributed by atoms with van der Waals surface area (Å²) < 4.78 is 78.1. The van der Waals surface area contributed by atoms with Gasteiger partial charge in [-0.05, 0) is 45.4 Å². The fourth-order valence-electron chi connectivity index (χ4n) is 5.43. The number of fused-ring (bicyclic) bond motifs is 4. The van der Waals surface area contributed by atoms with Gasteiger partial charge in [0.05, 0.1) is 5.41 Å². The summed E-state index contributed by atoms with van der Waals surface area (Å²) in [7, 11) is 0. The highest BCUT2D eigenvalue weighted by Gasteiger charge is 2.68. The summed E-state index contributed by atoms with van der Waals surface area (Å²) in [6.07, 6.45) is -10.2. The van der Waals surface area contributed by atoms with Gasteiger partial charge >= 0.3 is 18.1 Å². The van der Waals surface area contributed by atoms with Gasteiger partial charge in [0.2, 0.25) is 0 Å². The molecule has 4 rings (SSSR count). The van der Waals surface area contributed by atoms with Crippen LogP contribution in [0.3, 0.4) is 0 Å². The fourth-order valence-corrected chi connectivity index (χ4v) is 5.43. The maximum absolute atomic E-state index is 13.4. The van der Waals surface area contributed by atoms with Crippen molar-refractivity contribution >= 4 is 11.9 Å². The molecule has 0 aromatic rings. The lowest BCUT2D eigenvalue weighted by Gasteiger charge is -2.37. The highest BCUT2D eigenvalue weighted by atomic mass is 19.4. The number of ether oxygens (including phenoxy) is 7. The van der Waals surface area contributed by atoms with Crippen molar-refractivity contribution in [3.05, 3.63) is 0 Å². The molecule has 4 aliphatic heterocycles. The normalized spacial score (nSPS) is 38.3. The summed E-state index contributed by atoms with van der Waals surface area (Å²) in [6, 6.07) is 0. The Labute approximate surface area is 220 Å². The molecule has 218 valence electrons. The number of esters is 2. The zero-order chi connectivity index (χ0) is 28.2. The number of alkyl halides is 3. The van der Waals surface area contributed by atoms with Crippen molar-refractivity contribution < 1.29 is 55.9 Å². The first kappa shape index (κ1) is 29.5. The molecule has 9 nitrogen and oxygen atoms in total. The van der Waals surface area contributed by atoms with Gasteiger partial charge in [-0.25, -0.2) is 0 Å². The van der Waals surface area contributed by atoms with Gasteiger partial charge in [0.1, 0.15) is 18.3 Å². The van der Waals surface area contributed by atoms with Crippen LogP contribution in [0, 0.1) is 17.3 Å². The monoisotopic (exact) mass is 552 g/mol. The van der Waals surface area contributed by atoms with Crippen LogP contribution in [0.1, 0.15) is 74.1 Å². The topological polar surface area (TPSA) is 102 Å². The molecule has 0 saturated carbocycles. The number of rotatable bonds is 10. The summed E-state index contributed by atoms with van der Waals surface area (Å²) in [5.41, 5.74) is -0.675. The highest BCUT2D eigenvalue weighted by Crippen LogP contribution is 2.49. The Morgan fingerprint density at radius 1 is 0.921 bits per heavy atom. The lowest BCUT2D eigenvalue weighted by atomic mass is 9.73. The van der Waals surface area contributed by atoms with Gasteiger partial charge in [-0.3, -0.25) is 9.59 Å². The van der Waals surface area contributed by atoms with Crippen molar-refractivity contribution in [1.29, 1.82) is 0 Å². The van der Waals surface area contributed by atoms with E-state index in [1.165, 1.54) is 0 Å². The van der Waals surface area contributed by atoms with E-state index in [0.29, 0.717) is 12.3 Å². The molecule has 10 atom stereocenters. The number of halogens is 3. The number of epoxide rings is 1. The van der Waals surface area contributed by atoms with Crippen LogP contribution >= 0.6 is 0 Å². The largest absolute Gasteiger partial charge is 0.456 e. The van der Waals surface area contributed by atoms with E-state index in [1.54, 1.807) is 6.92 Å². The second-order valence-corrected chi connectivity index (χ2v) is 11.9. The van der Waals surface area contributed by atoms with E-state index in [2.05, 4.69) is 18.6 Å². The van der Waals surface area contributed by atoms with Gasteiger partial charge in [0.25, 0.3) is 0 Å². The van der Waals surface area contributed by atoms with Crippen LogP contribution in [0.2, 0.25) is 0 Å². The van der Waals surface area contributed by atoms with Crippen molar-refractivity contribution in [2.24, 2.45) is 17.3 Å². The molecule has 0 aromatic carbocycles. The Hall–Kier alpha value is -1.47. The van der Waals surface area contributed by atoms with Gasteiger partial charge in [-0.15, -0.1) is 0 Å². The van der Waals surface area contributed by atoms with E-state index in [4.69, 9.17) is 28.4 Å². The zero-order valence-corrected chi connectivity index (χ0v) is 22.9. The predicted molar refractivity (Wildman–Crippen MR) is 124 cm³/mol. The molecule has 4 fully saturated rings. The minimum absolute atomic E-state index is 0.0640. The van der Waals surface area contributed by atoms with Crippen molar-refractivity contribution in [2.75, 3.05) is 0 Å². The molecule has 10 unspecified atom stereocenters. The summed E-state index contributed by atoms with van der Waals surface area (Å²) in [6.45, 7) is 12.5.